The summed E-state index contributed by atoms with van der Waals surface area (Å²) in [6, 6.07) is 0. The molecule has 0 spiro atoms. The summed E-state index contributed by atoms with van der Waals surface area (Å²) < 4.78 is 0. The first-order valence-corrected chi connectivity index (χ1v) is 14.4. The van der Waals surface area contributed by atoms with Crippen molar-refractivity contribution in [2.24, 2.45) is 11.7 Å². The molecule has 0 aliphatic carbocycles. The van der Waals surface area contributed by atoms with E-state index in [0.717, 1.165) is 5.92 Å². The number of hydrogen-bond donors (Lipinski definition) is 1. The highest BCUT2D eigenvalue weighted by Crippen LogP contribution is 2.35. The van der Waals surface area contributed by atoms with Crippen LogP contribution in [0.4, 0.5) is 0 Å². The van der Waals surface area contributed by atoms with Gasteiger partial charge in [-0.2, -0.15) is 0 Å². The number of hydrogen-bond acceptors (Lipinski definition) is 1. The third-order valence-electron chi connectivity index (χ3n) is 7.37. The van der Waals surface area contributed by atoms with E-state index in [4.69, 9.17) is 5.73 Å². The lowest BCUT2D eigenvalue weighted by Gasteiger charge is -2.39. The summed E-state index contributed by atoms with van der Waals surface area (Å²) in [6.07, 6.45) is 31.6. The summed E-state index contributed by atoms with van der Waals surface area (Å²) in [5.74, 6) is 0.758. The van der Waals surface area contributed by atoms with Gasteiger partial charge in [0.25, 0.3) is 0 Å². The molecule has 0 aromatic heterocycles. The van der Waals surface area contributed by atoms with Crippen LogP contribution < -0.4 is 5.73 Å². The second kappa shape index (κ2) is 25.3. The number of rotatable bonds is 24. The van der Waals surface area contributed by atoms with E-state index in [-0.39, 0.29) is 29.5 Å². The third-order valence-corrected chi connectivity index (χ3v) is 7.37. The summed E-state index contributed by atoms with van der Waals surface area (Å²) in [6.45, 7) is 9.27. The number of unbranched alkanes of at least 4 members (excludes halogenated alkanes) is 15. The maximum atomic E-state index is 7.30. The SMILES string of the molecule is CCCCCCCCCC(CCCCCC)C(N)(CCCCCC)CCCCCC.I. The fourth-order valence-corrected chi connectivity index (χ4v) is 5.18. The lowest BCUT2D eigenvalue weighted by molar-refractivity contribution is 0.190. The molecule has 190 valence electrons. The van der Waals surface area contributed by atoms with Gasteiger partial charge in [-0.1, -0.05) is 150 Å². The zero-order valence-electron chi connectivity index (χ0n) is 22.3. The molecule has 0 saturated carbocycles. The normalized spacial score (nSPS) is 12.7. The van der Waals surface area contributed by atoms with Crippen LogP contribution in [0.15, 0.2) is 0 Å². The minimum Gasteiger partial charge on any atom is -0.325 e. The van der Waals surface area contributed by atoms with Crippen LogP contribution in [0.2, 0.25) is 0 Å². The first kappa shape index (κ1) is 33.9. The topological polar surface area (TPSA) is 26.0 Å². The highest BCUT2D eigenvalue weighted by Gasteiger charge is 2.33. The largest absolute Gasteiger partial charge is 0.325 e. The van der Waals surface area contributed by atoms with Crippen molar-refractivity contribution >= 4 is 24.0 Å². The van der Waals surface area contributed by atoms with Crippen molar-refractivity contribution in [3.8, 4) is 0 Å². The Hall–Kier alpha value is 0.690. The van der Waals surface area contributed by atoms with Crippen LogP contribution >= 0.6 is 24.0 Å². The van der Waals surface area contributed by atoms with Crippen LogP contribution in [0.5, 0.6) is 0 Å². The van der Waals surface area contributed by atoms with Crippen molar-refractivity contribution in [3.05, 3.63) is 0 Å². The summed E-state index contributed by atoms with van der Waals surface area (Å²) in [7, 11) is 0. The van der Waals surface area contributed by atoms with Crippen LogP contribution in [-0.4, -0.2) is 5.54 Å². The van der Waals surface area contributed by atoms with Crippen molar-refractivity contribution in [2.75, 3.05) is 0 Å². The van der Waals surface area contributed by atoms with Gasteiger partial charge in [0.1, 0.15) is 0 Å². The molecule has 0 aromatic carbocycles. The van der Waals surface area contributed by atoms with Crippen LogP contribution in [-0.2, 0) is 0 Å². The predicted octanol–water partition coefficient (Wildman–Crippen LogP) is 11.0. The van der Waals surface area contributed by atoms with Crippen molar-refractivity contribution in [2.45, 2.75) is 181 Å². The van der Waals surface area contributed by atoms with Gasteiger partial charge in [0.15, 0.2) is 0 Å². The molecule has 1 atom stereocenters. The first-order chi connectivity index (χ1) is 14.6. The Morgan fingerprint density at radius 3 is 1.13 bits per heavy atom. The molecule has 31 heavy (non-hydrogen) atoms. The van der Waals surface area contributed by atoms with Gasteiger partial charge < -0.3 is 5.73 Å². The van der Waals surface area contributed by atoms with E-state index in [2.05, 4.69) is 27.7 Å². The van der Waals surface area contributed by atoms with E-state index in [0.29, 0.717) is 0 Å². The van der Waals surface area contributed by atoms with E-state index >= 15 is 0 Å². The van der Waals surface area contributed by atoms with Gasteiger partial charge in [-0.25, -0.2) is 0 Å². The Bertz CT molecular complexity index is 319. The molecule has 0 amide bonds. The monoisotopic (exact) mass is 551 g/mol. The van der Waals surface area contributed by atoms with Crippen molar-refractivity contribution in [1.29, 1.82) is 0 Å². The maximum absolute atomic E-state index is 7.30. The van der Waals surface area contributed by atoms with E-state index in [1.807, 2.05) is 0 Å². The Balaban J connectivity index is 0. The van der Waals surface area contributed by atoms with E-state index in [1.54, 1.807) is 0 Å². The van der Waals surface area contributed by atoms with Gasteiger partial charge in [-0.15, -0.1) is 24.0 Å². The third kappa shape index (κ3) is 19.8. The summed E-state index contributed by atoms with van der Waals surface area (Å²) >= 11 is 0. The van der Waals surface area contributed by atoms with Gasteiger partial charge in [0, 0.05) is 5.54 Å². The molecule has 0 fully saturated rings. The smallest absolute Gasteiger partial charge is 0.0182 e. The zero-order valence-corrected chi connectivity index (χ0v) is 24.7. The fourth-order valence-electron chi connectivity index (χ4n) is 5.18. The predicted molar refractivity (Wildman–Crippen MR) is 155 cm³/mol. The van der Waals surface area contributed by atoms with Gasteiger partial charge in [0.2, 0.25) is 0 Å². The van der Waals surface area contributed by atoms with Crippen LogP contribution in [0.25, 0.3) is 0 Å². The molecule has 0 aliphatic heterocycles. The molecule has 0 bridgehead atoms. The van der Waals surface area contributed by atoms with Crippen LogP contribution in [0.1, 0.15) is 175 Å². The fraction of sp³-hybridized carbons (Fsp3) is 1.00. The molecule has 2 N–H and O–H groups in total. The molecular formula is C29H62IN. The van der Waals surface area contributed by atoms with Crippen LogP contribution in [0, 0.1) is 5.92 Å². The standard InChI is InChI=1S/C29H61N.HI/c1-5-9-13-17-18-19-21-25-28(24-20-14-10-6-2)29(30,26-22-15-11-7-3)27-23-16-12-8-4;/h28H,5-27,30H2,1-4H3;1H. The average Bonchev–Trinajstić information content (AvgIpc) is 2.75. The number of halogens is 1. The van der Waals surface area contributed by atoms with Gasteiger partial charge in [0.05, 0.1) is 0 Å². The molecule has 1 unspecified atom stereocenters. The van der Waals surface area contributed by atoms with Crippen molar-refractivity contribution in [3.63, 3.8) is 0 Å². The summed E-state index contributed by atoms with van der Waals surface area (Å²) in [5.41, 5.74) is 7.41. The second-order valence-electron chi connectivity index (χ2n) is 10.3. The van der Waals surface area contributed by atoms with Gasteiger partial charge in [-0.3, -0.25) is 0 Å². The molecule has 0 aliphatic rings. The zero-order chi connectivity index (χ0) is 22.3. The summed E-state index contributed by atoms with van der Waals surface area (Å²) in [5, 5.41) is 0. The van der Waals surface area contributed by atoms with Crippen molar-refractivity contribution in [1.82, 2.24) is 0 Å². The van der Waals surface area contributed by atoms with Crippen molar-refractivity contribution < 1.29 is 0 Å². The van der Waals surface area contributed by atoms with E-state index in [9.17, 15) is 0 Å². The molecule has 0 radical (unpaired) electrons. The van der Waals surface area contributed by atoms with E-state index < -0.39 is 0 Å². The number of nitrogens with two attached hydrogens (primary N) is 1. The average molecular weight is 552 g/mol. The van der Waals surface area contributed by atoms with Crippen LogP contribution in [0.3, 0.4) is 0 Å². The molecular weight excluding hydrogens is 489 g/mol. The molecule has 0 heterocycles. The quantitative estimate of drug-likeness (QED) is 0.0937. The van der Waals surface area contributed by atoms with Gasteiger partial charge in [-0.05, 0) is 31.6 Å². The Morgan fingerprint density at radius 2 is 0.742 bits per heavy atom. The van der Waals surface area contributed by atoms with E-state index in [1.165, 1.54) is 148 Å². The second-order valence-corrected chi connectivity index (χ2v) is 10.3. The molecule has 0 rings (SSSR count). The Labute approximate surface area is 215 Å². The summed E-state index contributed by atoms with van der Waals surface area (Å²) in [4.78, 5) is 0. The molecule has 0 saturated heterocycles. The molecule has 1 nitrogen and oxygen atoms in total. The minimum absolute atomic E-state index is 0. The Morgan fingerprint density at radius 1 is 0.452 bits per heavy atom. The highest BCUT2D eigenvalue weighted by molar-refractivity contribution is 14.0. The lowest BCUT2D eigenvalue weighted by Crippen LogP contribution is -2.47. The highest BCUT2D eigenvalue weighted by atomic mass is 127. The lowest BCUT2D eigenvalue weighted by atomic mass is 9.72. The van der Waals surface area contributed by atoms with Gasteiger partial charge >= 0.3 is 0 Å². The molecule has 0 aromatic rings. The first-order valence-electron chi connectivity index (χ1n) is 14.4. The Kier molecular flexibility index (Phi) is 27.7. The minimum atomic E-state index is 0. The maximum Gasteiger partial charge on any atom is 0.0182 e. The molecule has 2 heteroatoms.